The molecule has 0 amide bonds. The zero-order valence-electron chi connectivity index (χ0n) is 10.4. The van der Waals surface area contributed by atoms with Crippen LogP contribution in [0.3, 0.4) is 0 Å². The van der Waals surface area contributed by atoms with E-state index in [4.69, 9.17) is 17.3 Å². The van der Waals surface area contributed by atoms with Crippen molar-refractivity contribution in [2.75, 3.05) is 5.73 Å². The lowest BCUT2D eigenvalue weighted by molar-refractivity contribution is -0.137. The van der Waals surface area contributed by atoms with E-state index in [1.165, 1.54) is 13.0 Å². The molecule has 2 N–H and O–H groups in total. The van der Waals surface area contributed by atoms with E-state index in [2.05, 4.69) is 0 Å². The molecule has 0 aliphatic carbocycles. The molecule has 0 heterocycles. The molecule has 2 aromatic carbocycles. The molecule has 1 nitrogen and oxygen atoms in total. The highest BCUT2D eigenvalue weighted by Gasteiger charge is 2.30. The molecule has 0 aromatic heterocycles. The Balaban J connectivity index is 2.60. The molecule has 0 bridgehead atoms. The maximum Gasteiger partial charge on any atom is 0.416 e. The van der Waals surface area contributed by atoms with Crippen molar-refractivity contribution in [3.8, 4) is 11.1 Å². The van der Waals surface area contributed by atoms with E-state index in [0.717, 1.165) is 24.3 Å². The fourth-order valence-electron chi connectivity index (χ4n) is 1.95. The Morgan fingerprint density at radius 2 is 1.70 bits per heavy atom. The minimum Gasteiger partial charge on any atom is -0.397 e. The minimum absolute atomic E-state index is 0.0271. The molecule has 0 unspecified atom stereocenters. The summed E-state index contributed by atoms with van der Waals surface area (Å²) in [7, 11) is 0. The Morgan fingerprint density at radius 1 is 1.05 bits per heavy atom. The van der Waals surface area contributed by atoms with Gasteiger partial charge in [-0.3, -0.25) is 0 Å². The average Bonchev–Trinajstić information content (AvgIpc) is 2.33. The molecular formula is C14H10ClF4N. The summed E-state index contributed by atoms with van der Waals surface area (Å²) in [5.74, 6) is -0.599. The van der Waals surface area contributed by atoms with Crippen molar-refractivity contribution < 1.29 is 17.6 Å². The minimum atomic E-state index is -4.42. The molecule has 20 heavy (non-hydrogen) atoms. The van der Waals surface area contributed by atoms with Crippen molar-refractivity contribution in [2.24, 2.45) is 0 Å². The van der Waals surface area contributed by atoms with Gasteiger partial charge in [-0.2, -0.15) is 13.2 Å². The Kier molecular flexibility index (Phi) is 3.65. The Bertz CT molecular complexity index is 665. The van der Waals surface area contributed by atoms with Gasteiger partial charge in [0.2, 0.25) is 0 Å². The van der Waals surface area contributed by atoms with Crippen molar-refractivity contribution in [3.63, 3.8) is 0 Å². The number of nitrogen functional groups attached to an aromatic ring is 1. The maximum absolute atomic E-state index is 13.4. The lowest BCUT2D eigenvalue weighted by Crippen LogP contribution is -2.05. The van der Waals surface area contributed by atoms with Gasteiger partial charge in [-0.15, -0.1) is 0 Å². The predicted octanol–water partition coefficient (Wildman–Crippen LogP) is 5.06. The number of hydrogen-bond acceptors (Lipinski definition) is 1. The predicted molar refractivity (Wildman–Crippen MR) is 71.0 cm³/mol. The highest BCUT2D eigenvalue weighted by molar-refractivity contribution is 6.33. The van der Waals surface area contributed by atoms with E-state index < -0.39 is 17.6 Å². The van der Waals surface area contributed by atoms with E-state index in [0.29, 0.717) is 11.1 Å². The lowest BCUT2D eigenvalue weighted by Gasteiger charge is -2.13. The fourth-order valence-corrected chi connectivity index (χ4v) is 2.16. The van der Waals surface area contributed by atoms with Crippen molar-refractivity contribution >= 4 is 17.3 Å². The molecular weight excluding hydrogens is 294 g/mol. The number of rotatable bonds is 1. The monoisotopic (exact) mass is 303 g/mol. The van der Waals surface area contributed by atoms with Gasteiger partial charge >= 0.3 is 6.18 Å². The van der Waals surface area contributed by atoms with Gasteiger partial charge in [-0.25, -0.2) is 4.39 Å². The standard InChI is InChI=1S/C14H10ClF4N/c1-7-4-8(14(17,18)19)2-3-10(7)11-5-9(16)6-12(15)13(11)20/h2-6H,20H2,1H3. The van der Waals surface area contributed by atoms with Crippen LogP contribution in [0.25, 0.3) is 11.1 Å². The van der Waals surface area contributed by atoms with Crippen LogP contribution in [-0.2, 0) is 6.18 Å². The van der Waals surface area contributed by atoms with E-state index in [9.17, 15) is 17.6 Å². The fraction of sp³-hybridized carbons (Fsp3) is 0.143. The summed E-state index contributed by atoms with van der Waals surface area (Å²) in [4.78, 5) is 0. The first-order chi connectivity index (χ1) is 9.20. The van der Waals surface area contributed by atoms with Crippen LogP contribution in [0.1, 0.15) is 11.1 Å². The first kappa shape index (κ1) is 14.7. The van der Waals surface area contributed by atoms with Crippen LogP contribution in [-0.4, -0.2) is 0 Å². The Morgan fingerprint density at radius 3 is 2.25 bits per heavy atom. The molecule has 0 atom stereocenters. The molecule has 0 saturated carbocycles. The van der Waals surface area contributed by atoms with Gasteiger partial charge in [0.15, 0.2) is 0 Å². The summed E-state index contributed by atoms with van der Waals surface area (Å²) in [6.45, 7) is 1.50. The van der Waals surface area contributed by atoms with Gasteiger partial charge in [0.1, 0.15) is 5.82 Å². The third-order valence-electron chi connectivity index (χ3n) is 2.94. The van der Waals surface area contributed by atoms with E-state index in [-0.39, 0.29) is 16.3 Å². The number of halogens is 5. The van der Waals surface area contributed by atoms with E-state index in [1.807, 2.05) is 0 Å². The number of anilines is 1. The van der Waals surface area contributed by atoms with Gasteiger partial charge < -0.3 is 5.73 Å². The molecule has 106 valence electrons. The first-order valence-corrected chi connectivity index (χ1v) is 6.00. The smallest absolute Gasteiger partial charge is 0.397 e. The number of aryl methyl sites for hydroxylation is 1. The van der Waals surface area contributed by atoms with Gasteiger partial charge in [0.05, 0.1) is 16.3 Å². The maximum atomic E-state index is 13.4. The number of alkyl halides is 3. The van der Waals surface area contributed by atoms with Crippen LogP contribution in [0.4, 0.5) is 23.2 Å². The average molecular weight is 304 g/mol. The molecule has 2 rings (SSSR count). The topological polar surface area (TPSA) is 26.0 Å². The van der Waals surface area contributed by atoms with Crippen LogP contribution in [0.5, 0.6) is 0 Å². The summed E-state index contributed by atoms with van der Waals surface area (Å²) in [6, 6.07) is 5.39. The lowest BCUT2D eigenvalue weighted by atomic mass is 9.97. The highest BCUT2D eigenvalue weighted by atomic mass is 35.5. The number of nitrogens with two attached hydrogens (primary N) is 1. The quantitative estimate of drug-likeness (QED) is 0.578. The van der Waals surface area contributed by atoms with Gasteiger partial charge in [0, 0.05) is 5.56 Å². The SMILES string of the molecule is Cc1cc(C(F)(F)F)ccc1-c1cc(F)cc(Cl)c1N. The molecule has 0 radical (unpaired) electrons. The normalized spacial score (nSPS) is 11.7. The van der Waals surface area contributed by atoms with E-state index >= 15 is 0 Å². The van der Waals surface area contributed by atoms with Crippen LogP contribution < -0.4 is 5.73 Å². The van der Waals surface area contributed by atoms with E-state index in [1.54, 1.807) is 0 Å². The third-order valence-corrected chi connectivity index (χ3v) is 3.25. The second-order valence-corrected chi connectivity index (χ2v) is 4.78. The molecule has 2 aromatic rings. The highest BCUT2D eigenvalue weighted by Crippen LogP contribution is 2.37. The van der Waals surface area contributed by atoms with Crippen LogP contribution in [0.15, 0.2) is 30.3 Å². The zero-order chi connectivity index (χ0) is 15.1. The van der Waals surface area contributed by atoms with Crippen molar-refractivity contribution in [1.82, 2.24) is 0 Å². The molecule has 6 heteroatoms. The summed E-state index contributed by atoms with van der Waals surface area (Å²) in [6.07, 6.45) is -4.42. The summed E-state index contributed by atoms with van der Waals surface area (Å²) in [5, 5.41) is 0.0271. The van der Waals surface area contributed by atoms with Gasteiger partial charge in [-0.05, 0) is 42.3 Å². The molecule has 0 spiro atoms. The number of hydrogen-bond donors (Lipinski definition) is 1. The van der Waals surface area contributed by atoms with Crippen molar-refractivity contribution in [2.45, 2.75) is 13.1 Å². The summed E-state index contributed by atoms with van der Waals surface area (Å²) in [5.41, 5.74) is 6.16. The van der Waals surface area contributed by atoms with Crippen LogP contribution in [0.2, 0.25) is 5.02 Å². The van der Waals surface area contributed by atoms with Crippen LogP contribution in [0, 0.1) is 12.7 Å². The summed E-state index contributed by atoms with van der Waals surface area (Å²) >= 11 is 5.78. The first-order valence-electron chi connectivity index (χ1n) is 5.63. The Labute approximate surface area is 118 Å². The molecule has 0 aliphatic heterocycles. The molecule has 0 fully saturated rings. The molecule has 0 saturated heterocycles. The number of benzene rings is 2. The van der Waals surface area contributed by atoms with Crippen molar-refractivity contribution in [3.05, 3.63) is 52.3 Å². The van der Waals surface area contributed by atoms with Gasteiger partial charge in [-0.1, -0.05) is 17.7 Å². The Hall–Kier alpha value is -1.75. The molecule has 0 aliphatic rings. The van der Waals surface area contributed by atoms with Gasteiger partial charge in [0.25, 0.3) is 0 Å². The summed E-state index contributed by atoms with van der Waals surface area (Å²) < 4.78 is 51.2. The second kappa shape index (κ2) is 4.98. The zero-order valence-corrected chi connectivity index (χ0v) is 11.1. The largest absolute Gasteiger partial charge is 0.416 e. The van der Waals surface area contributed by atoms with Crippen LogP contribution >= 0.6 is 11.6 Å². The van der Waals surface area contributed by atoms with Crippen molar-refractivity contribution in [1.29, 1.82) is 0 Å². The third kappa shape index (κ3) is 2.72. The second-order valence-electron chi connectivity index (χ2n) is 4.38.